The molecule has 1 fully saturated rings. The lowest BCUT2D eigenvalue weighted by Gasteiger charge is -2.33. The standard InChI is InChI=1S/C13H20N4O3/c1-10-8-13(17(19)20)12(9-11(10)14)16-4-2-15(3-5-16)6-7-18/h8-9,18H,2-7,14H2,1H3/p+1. The fourth-order valence-corrected chi connectivity index (χ4v) is 2.57. The molecule has 0 aromatic heterocycles. The van der Waals surface area contributed by atoms with Crippen LogP contribution >= 0.6 is 0 Å². The molecule has 4 N–H and O–H groups in total. The second-order valence-electron chi connectivity index (χ2n) is 5.17. The molecule has 0 amide bonds. The van der Waals surface area contributed by atoms with Crippen LogP contribution in [0.5, 0.6) is 0 Å². The summed E-state index contributed by atoms with van der Waals surface area (Å²) in [5.41, 5.74) is 7.90. The molecule has 0 spiro atoms. The van der Waals surface area contributed by atoms with Crippen LogP contribution in [0.25, 0.3) is 0 Å². The second-order valence-corrected chi connectivity index (χ2v) is 5.17. The SMILES string of the molecule is Cc1cc([N+](=O)[O-])c(N2CC[NH+](CCO)CC2)cc1N. The second kappa shape index (κ2) is 6.06. The van der Waals surface area contributed by atoms with Crippen LogP contribution in [-0.4, -0.2) is 49.4 Å². The van der Waals surface area contributed by atoms with Crippen molar-refractivity contribution in [2.24, 2.45) is 0 Å². The number of rotatable bonds is 4. The molecule has 110 valence electrons. The number of nitro groups is 1. The smallest absolute Gasteiger partial charge is 0.292 e. The van der Waals surface area contributed by atoms with Gasteiger partial charge < -0.3 is 20.6 Å². The van der Waals surface area contributed by atoms with E-state index in [1.165, 1.54) is 11.0 Å². The molecule has 7 nitrogen and oxygen atoms in total. The highest BCUT2D eigenvalue weighted by atomic mass is 16.6. The van der Waals surface area contributed by atoms with E-state index >= 15 is 0 Å². The number of anilines is 2. The number of hydrogen-bond acceptors (Lipinski definition) is 5. The Kier molecular flexibility index (Phi) is 4.41. The van der Waals surface area contributed by atoms with Crippen LogP contribution in [0.1, 0.15) is 5.56 Å². The van der Waals surface area contributed by atoms with Gasteiger partial charge in [-0.05, 0) is 18.6 Å². The van der Waals surface area contributed by atoms with Crippen LogP contribution in [0.2, 0.25) is 0 Å². The Morgan fingerprint density at radius 2 is 2.10 bits per heavy atom. The normalized spacial score (nSPS) is 16.4. The largest absolute Gasteiger partial charge is 0.398 e. The number of nitrogens with one attached hydrogen (secondary N) is 1. The van der Waals surface area contributed by atoms with Gasteiger partial charge in [0, 0.05) is 11.8 Å². The molecule has 1 aliphatic heterocycles. The molecular weight excluding hydrogens is 260 g/mol. The van der Waals surface area contributed by atoms with Gasteiger partial charge in [0.2, 0.25) is 0 Å². The van der Waals surface area contributed by atoms with Crippen molar-refractivity contribution >= 4 is 17.1 Å². The summed E-state index contributed by atoms with van der Waals surface area (Å²) >= 11 is 0. The predicted octanol–water partition coefficient (Wildman–Crippen LogP) is -0.817. The van der Waals surface area contributed by atoms with Gasteiger partial charge in [-0.1, -0.05) is 0 Å². The van der Waals surface area contributed by atoms with Gasteiger partial charge in [0.15, 0.2) is 0 Å². The molecule has 1 aromatic carbocycles. The molecular formula is C13H21N4O3+. The Bertz CT molecular complexity index is 499. The Balaban J connectivity index is 2.21. The molecule has 0 atom stereocenters. The van der Waals surface area contributed by atoms with Crippen molar-refractivity contribution in [3.05, 3.63) is 27.8 Å². The molecule has 0 saturated carbocycles. The van der Waals surface area contributed by atoms with Gasteiger partial charge in [0.05, 0.1) is 37.7 Å². The highest BCUT2D eigenvalue weighted by Gasteiger charge is 2.26. The van der Waals surface area contributed by atoms with E-state index in [1.807, 2.05) is 4.90 Å². The quantitative estimate of drug-likeness (QED) is 0.381. The van der Waals surface area contributed by atoms with Gasteiger partial charge in [0.1, 0.15) is 12.2 Å². The maximum absolute atomic E-state index is 11.2. The van der Waals surface area contributed by atoms with Gasteiger partial charge in [-0.2, -0.15) is 0 Å². The third-order valence-electron chi connectivity index (χ3n) is 3.84. The summed E-state index contributed by atoms with van der Waals surface area (Å²) in [6, 6.07) is 3.24. The Morgan fingerprint density at radius 1 is 1.45 bits per heavy atom. The van der Waals surface area contributed by atoms with Crippen molar-refractivity contribution in [2.75, 3.05) is 50.0 Å². The van der Waals surface area contributed by atoms with Crippen LogP contribution in [0.15, 0.2) is 12.1 Å². The first kappa shape index (κ1) is 14.5. The maximum Gasteiger partial charge on any atom is 0.292 e. The monoisotopic (exact) mass is 281 g/mol. The van der Waals surface area contributed by atoms with Gasteiger partial charge >= 0.3 is 0 Å². The highest BCUT2D eigenvalue weighted by Crippen LogP contribution is 2.32. The van der Waals surface area contributed by atoms with E-state index in [1.54, 1.807) is 13.0 Å². The van der Waals surface area contributed by atoms with Crippen molar-refractivity contribution in [3.8, 4) is 0 Å². The number of nitrogen functional groups attached to an aromatic ring is 1. The number of quaternary nitrogens is 1. The number of nitro benzene ring substituents is 1. The van der Waals surface area contributed by atoms with Gasteiger partial charge in [-0.25, -0.2) is 0 Å². The number of aliphatic hydroxyl groups is 1. The Hall–Kier alpha value is -1.86. The van der Waals surface area contributed by atoms with E-state index < -0.39 is 0 Å². The fourth-order valence-electron chi connectivity index (χ4n) is 2.57. The van der Waals surface area contributed by atoms with Crippen molar-refractivity contribution in [2.45, 2.75) is 6.92 Å². The summed E-state index contributed by atoms with van der Waals surface area (Å²) < 4.78 is 0. The summed E-state index contributed by atoms with van der Waals surface area (Å²) in [5, 5.41) is 20.1. The third-order valence-corrected chi connectivity index (χ3v) is 3.84. The molecule has 0 aliphatic carbocycles. The van der Waals surface area contributed by atoms with Crippen molar-refractivity contribution in [1.82, 2.24) is 0 Å². The molecule has 7 heteroatoms. The van der Waals surface area contributed by atoms with Crippen LogP contribution in [0, 0.1) is 17.0 Å². The number of hydrogen-bond donors (Lipinski definition) is 3. The van der Waals surface area contributed by atoms with Gasteiger partial charge in [-0.3, -0.25) is 10.1 Å². The molecule has 0 radical (unpaired) electrons. The molecule has 0 unspecified atom stereocenters. The summed E-state index contributed by atoms with van der Waals surface area (Å²) in [5.74, 6) is 0. The molecule has 20 heavy (non-hydrogen) atoms. The molecule has 2 rings (SSSR count). The molecule has 1 aliphatic rings. The van der Waals surface area contributed by atoms with Crippen LogP contribution < -0.4 is 15.5 Å². The number of aliphatic hydroxyl groups excluding tert-OH is 1. The minimum absolute atomic E-state index is 0.113. The van der Waals surface area contributed by atoms with Crippen molar-refractivity contribution in [1.29, 1.82) is 0 Å². The first-order chi connectivity index (χ1) is 9.52. The van der Waals surface area contributed by atoms with Crippen LogP contribution in [-0.2, 0) is 0 Å². The molecule has 1 saturated heterocycles. The Labute approximate surface area is 117 Å². The predicted molar refractivity (Wildman–Crippen MR) is 77.1 cm³/mol. The third kappa shape index (κ3) is 3.00. The number of benzene rings is 1. The lowest BCUT2D eigenvalue weighted by atomic mass is 10.1. The zero-order valence-corrected chi connectivity index (χ0v) is 11.6. The number of nitrogens with zero attached hydrogens (tertiary/aromatic N) is 2. The lowest BCUT2D eigenvalue weighted by molar-refractivity contribution is -0.900. The first-order valence-electron chi connectivity index (χ1n) is 6.77. The summed E-state index contributed by atoms with van der Waals surface area (Å²) in [4.78, 5) is 14.2. The van der Waals surface area contributed by atoms with Crippen LogP contribution in [0.3, 0.4) is 0 Å². The van der Waals surface area contributed by atoms with Gasteiger partial charge in [-0.15, -0.1) is 0 Å². The topological polar surface area (TPSA) is 97.1 Å². The first-order valence-corrected chi connectivity index (χ1v) is 6.77. The van der Waals surface area contributed by atoms with E-state index in [4.69, 9.17) is 10.8 Å². The average molecular weight is 281 g/mol. The number of piperazine rings is 1. The van der Waals surface area contributed by atoms with Crippen molar-refractivity contribution < 1.29 is 14.9 Å². The van der Waals surface area contributed by atoms with E-state index in [2.05, 4.69) is 0 Å². The Morgan fingerprint density at radius 3 is 2.65 bits per heavy atom. The van der Waals surface area contributed by atoms with E-state index in [0.717, 1.165) is 38.3 Å². The zero-order chi connectivity index (χ0) is 14.7. The minimum atomic E-state index is -0.352. The van der Waals surface area contributed by atoms with E-state index in [-0.39, 0.29) is 17.2 Å². The number of nitrogens with two attached hydrogens (primary N) is 1. The van der Waals surface area contributed by atoms with Crippen LogP contribution in [0.4, 0.5) is 17.1 Å². The summed E-state index contributed by atoms with van der Waals surface area (Å²) in [6.45, 7) is 5.88. The number of aryl methyl sites for hydroxylation is 1. The average Bonchev–Trinajstić information content (AvgIpc) is 2.42. The molecule has 1 heterocycles. The summed E-state index contributed by atoms with van der Waals surface area (Å²) in [7, 11) is 0. The van der Waals surface area contributed by atoms with Gasteiger partial charge in [0.25, 0.3) is 5.69 Å². The fraction of sp³-hybridized carbons (Fsp3) is 0.538. The summed E-state index contributed by atoms with van der Waals surface area (Å²) in [6.07, 6.45) is 0. The lowest BCUT2D eigenvalue weighted by Crippen LogP contribution is -3.15. The minimum Gasteiger partial charge on any atom is -0.398 e. The highest BCUT2D eigenvalue weighted by molar-refractivity contribution is 5.71. The van der Waals surface area contributed by atoms with E-state index in [0.29, 0.717) is 11.4 Å². The van der Waals surface area contributed by atoms with E-state index in [9.17, 15) is 10.1 Å². The molecule has 1 aromatic rings. The zero-order valence-electron chi connectivity index (χ0n) is 11.6. The maximum atomic E-state index is 11.2. The molecule has 0 bridgehead atoms. The van der Waals surface area contributed by atoms with Crippen molar-refractivity contribution in [3.63, 3.8) is 0 Å².